The lowest BCUT2D eigenvalue weighted by atomic mass is 9.44. The maximum Gasteiger partial charge on any atom is 0.250 e. The van der Waals surface area contributed by atoms with Crippen molar-refractivity contribution in [2.45, 2.75) is 49.0 Å². The Morgan fingerprint density at radius 3 is 2.69 bits per heavy atom. The first-order valence-electron chi connectivity index (χ1n) is 10.6. The molecule has 1 amide bonds. The Hall–Kier alpha value is -2.54. The molecule has 7 rings (SSSR count). The summed E-state index contributed by atoms with van der Waals surface area (Å²) >= 11 is 12.1. The Labute approximate surface area is 194 Å². The predicted octanol–water partition coefficient (Wildman–Crippen LogP) is 4.53. The maximum atomic E-state index is 13.0. The summed E-state index contributed by atoms with van der Waals surface area (Å²) in [6, 6.07) is 10.9. The number of nitrogens with one attached hydrogen (secondary N) is 1. The van der Waals surface area contributed by atoms with Crippen molar-refractivity contribution in [3.8, 4) is 5.75 Å². The number of aliphatic hydroxyl groups excluding tert-OH is 1. The van der Waals surface area contributed by atoms with Crippen LogP contribution in [0.4, 0.5) is 0 Å². The Morgan fingerprint density at radius 2 is 1.91 bits per heavy atom. The third kappa shape index (κ3) is 2.90. The molecule has 0 saturated heterocycles. The second kappa shape index (κ2) is 6.73. The number of halogens is 2. The Bertz CT molecular complexity index is 1280. The Balaban J connectivity index is 1.13. The largest absolute Gasteiger partial charge is 0.485 e. The number of hydrogen-bond donors (Lipinski definition) is 2. The molecule has 32 heavy (non-hydrogen) atoms. The van der Waals surface area contributed by atoms with Gasteiger partial charge in [-0.1, -0.05) is 29.8 Å². The van der Waals surface area contributed by atoms with Gasteiger partial charge >= 0.3 is 0 Å². The summed E-state index contributed by atoms with van der Waals surface area (Å²) in [7, 11) is 0. The van der Waals surface area contributed by atoms with Gasteiger partial charge in [0, 0.05) is 33.0 Å². The van der Waals surface area contributed by atoms with Crippen molar-refractivity contribution in [3.63, 3.8) is 0 Å². The maximum absolute atomic E-state index is 13.0. The molecule has 4 aliphatic rings. The van der Waals surface area contributed by atoms with Gasteiger partial charge in [0.2, 0.25) is 0 Å². The molecule has 0 spiro atoms. The van der Waals surface area contributed by atoms with E-state index in [1.807, 2.05) is 24.4 Å². The fourth-order valence-electron chi connectivity index (χ4n) is 5.57. The van der Waals surface area contributed by atoms with Crippen molar-refractivity contribution >= 4 is 40.0 Å². The number of nitrogens with zero attached hydrogens (tertiary/aromatic N) is 2. The van der Waals surface area contributed by atoms with E-state index in [4.69, 9.17) is 27.9 Å². The number of amides is 1. The fourth-order valence-corrected chi connectivity index (χ4v) is 5.93. The quantitative estimate of drug-likeness (QED) is 0.550. The molecule has 2 atom stereocenters. The van der Waals surface area contributed by atoms with Gasteiger partial charge in [-0.25, -0.2) is 0 Å². The average molecular weight is 470 g/mol. The zero-order valence-corrected chi connectivity index (χ0v) is 18.7. The molecular weight excluding hydrogens is 449 g/mol. The van der Waals surface area contributed by atoms with Crippen molar-refractivity contribution in [1.82, 2.24) is 15.1 Å². The summed E-state index contributed by atoms with van der Waals surface area (Å²) in [5.74, 6) is 0.298. The first kappa shape index (κ1) is 20.1. The number of fused-ring (bicyclic) bond motifs is 2. The zero-order chi connectivity index (χ0) is 22.3. The summed E-state index contributed by atoms with van der Waals surface area (Å²) < 4.78 is 8.03. The zero-order valence-electron chi connectivity index (χ0n) is 17.1. The molecule has 2 N–H and O–H groups in total. The standard InChI is InChI=1S/C24H21Cl2N3O3/c1-13(21-8-19(30)17-7-16(26)3-5-20(17)32-21)22(31)28-23-10-24(11-23,12-23)29-18-4-2-15(25)6-14(18)9-27-29/h2-7,9,19,21,30H,1,8,10-12H2,(H,28,31)/t19-,21-,23?,24?/m1/s1. The minimum absolute atomic E-state index is 0.0556. The fraction of sp³-hybridized carbons (Fsp3) is 0.333. The molecule has 0 unspecified atom stereocenters. The molecule has 1 aliphatic heterocycles. The van der Waals surface area contributed by atoms with Crippen molar-refractivity contribution < 1.29 is 14.6 Å². The Kier molecular flexibility index (Phi) is 4.23. The topological polar surface area (TPSA) is 76.4 Å². The van der Waals surface area contributed by atoms with Crippen molar-refractivity contribution in [2.75, 3.05) is 0 Å². The number of aromatic nitrogens is 2. The Morgan fingerprint density at radius 1 is 1.19 bits per heavy atom. The molecule has 0 radical (unpaired) electrons. The number of carbonyl (C=O) groups is 1. The molecule has 8 heteroatoms. The number of benzene rings is 2. The van der Waals surface area contributed by atoms with Crippen LogP contribution in [0, 0.1) is 0 Å². The SMILES string of the molecule is C=C(C(=O)NC12CC(n3ncc4cc(Cl)ccc43)(C1)C2)[C@H]1C[C@@H](O)c2cc(Cl)ccc2O1. The summed E-state index contributed by atoms with van der Waals surface area (Å²) in [6.45, 7) is 3.98. The normalized spacial score (nSPS) is 30.0. The summed E-state index contributed by atoms with van der Waals surface area (Å²) in [5.41, 5.74) is 1.73. The van der Waals surface area contributed by atoms with Gasteiger partial charge in [-0.3, -0.25) is 9.48 Å². The molecule has 2 heterocycles. The van der Waals surface area contributed by atoms with Crippen LogP contribution in [-0.2, 0) is 10.3 Å². The minimum atomic E-state index is -0.758. The van der Waals surface area contributed by atoms with Gasteiger partial charge in [0.05, 0.1) is 28.9 Å². The molecule has 3 aliphatic carbocycles. The lowest BCUT2D eigenvalue weighted by Crippen LogP contribution is -2.79. The molecule has 2 aromatic carbocycles. The van der Waals surface area contributed by atoms with Gasteiger partial charge < -0.3 is 15.2 Å². The van der Waals surface area contributed by atoms with Gasteiger partial charge in [0.15, 0.2) is 0 Å². The number of hydrogen-bond acceptors (Lipinski definition) is 4. The van der Waals surface area contributed by atoms with E-state index in [0.717, 1.165) is 30.2 Å². The van der Waals surface area contributed by atoms with Gasteiger partial charge in [0.1, 0.15) is 11.9 Å². The highest BCUT2D eigenvalue weighted by Crippen LogP contribution is 2.65. The van der Waals surface area contributed by atoms with E-state index in [-0.39, 0.29) is 23.4 Å². The molecule has 2 bridgehead atoms. The second-order valence-electron chi connectivity index (χ2n) is 9.31. The third-order valence-electron chi connectivity index (χ3n) is 7.08. The van der Waals surface area contributed by atoms with Crippen molar-refractivity contribution in [2.24, 2.45) is 0 Å². The van der Waals surface area contributed by atoms with E-state index < -0.39 is 12.2 Å². The van der Waals surface area contributed by atoms with E-state index in [1.54, 1.807) is 18.2 Å². The number of rotatable bonds is 4. The summed E-state index contributed by atoms with van der Waals surface area (Å²) in [5, 5.41) is 20.5. The van der Waals surface area contributed by atoms with Crippen LogP contribution < -0.4 is 10.1 Å². The van der Waals surface area contributed by atoms with Gasteiger partial charge in [-0.15, -0.1) is 0 Å². The highest BCUT2D eigenvalue weighted by molar-refractivity contribution is 6.31. The predicted molar refractivity (Wildman–Crippen MR) is 122 cm³/mol. The van der Waals surface area contributed by atoms with Crippen LogP contribution in [0.5, 0.6) is 5.75 Å². The molecular formula is C24H21Cl2N3O3. The van der Waals surface area contributed by atoms with Gasteiger partial charge in [-0.2, -0.15) is 5.10 Å². The van der Waals surface area contributed by atoms with Crippen LogP contribution in [0.2, 0.25) is 10.0 Å². The number of ether oxygens (including phenoxy) is 1. The summed E-state index contributed by atoms with van der Waals surface area (Å²) in [6.07, 6.45) is 3.24. The smallest absolute Gasteiger partial charge is 0.250 e. The van der Waals surface area contributed by atoms with Crippen LogP contribution in [0.25, 0.3) is 10.9 Å². The van der Waals surface area contributed by atoms with Crippen LogP contribution in [0.15, 0.2) is 54.7 Å². The number of carbonyl (C=O) groups excluding carboxylic acids is 1. The second-order valence-corrected chi connectivity index (χ2v) is 10.2. The van der Waals surface area contributed by atoms with Crippen molar-refractivity contribution in [1.29, 1.82) is 0 Å². The highest BCUT2D eigenvalue weighted by atomic mass is 35.5. The molecule has 6 nitrogen and oxygen atoms in total. The van der Waals surface area contributed by atoms with Crippen LogP contribution in [0.1, 0.15) is 37.4 Å². The molecule has 1 aromatic heterocycles. The third-order valence-corrected chi connectivity index (χ3v) is 7.55. The van der Waals surface area contributed by atoms with Gasteiger partial charge in [0.25, 0.3) is 5.91 Å². The summed E-state index contributed by atoms with van der Waals surface area (Å²) in [4.78, 5) is 13.0. The van der Waals surface area contributed by atoms with E-state index in [2.05, 4.69) is 21.7 Å². The monoisotopic (exact) mass is 469 g/mol. The lowest BCUT2D eigenvalue weighted by Gasteiger charge is -2.70. The van der Waals surface area contributed by atoms with Crippen LogP contribution >= 0.6 is 23.2 Å². The van der Waals surface area contributed by atoms with Crippen molar-refractivity contribution in [3.05, 3.63) is 70.4 Å². The first-order valence-corrected chi connectivity index (χ1v) is 11.3. The van der Waals surface area contributed by atoms with E-state index in [1.165, 1.54) is 0 Å². The highest BCUT2D eigenvalue weighted by Gasteiger charge is 2.70. The molecule has 3 aromatic rings. The minimum Gasteiger partial charge on any atom is -0.485 e. The van der Waals surface area contributed by atoms with Crippen LogP contribution in [-0.4, -0.2) is 32.4 Å². The molecule has 3 fully saturated rings. The van der Waals surface area contributed by atoms with E-state index in [0.29, 0.717) is 26.9 Å². The van der Waals surface area contributed by atoms with E-state index >= 15 is 0 Å². The van der Waals surface area contributed by atoms with E-state index in [9.17, 15) is 9.90 Å². The molecule has 164 valence electrons. The lowest BCUT2D eigenvalue weighted by molar-refractivity contribution is -0.156. The molecule has 3 saturated carbocycles. The average Bonchev–Trinajstić information content (AvgIpc) is 3.12. The first-order chi connectivity index (χ1) is 15.3. The number of aliphatic hydroxyl groups is 1. The van der Waals surface area contributed by atoms with Crippen LogP contribution in [0.3, 0.4) is 0 Å². The van der Waals surface area contributed by atoms with Gasteiger partial charge in [-0.05, 0) is 55.7 Å².